The molecule has 0 bridgehead atoms. The molecule has 1 aromatic carbocycles. The van der Waals surface area contributed by atoms with Crippen molar-refractivity contribution in [3.63, 3.8) is 0 Å². The smallest absolute Gasteiger partial charge is 0.423 e. The highest BCUT2D eigenvalue weighted by Gasteiger charge is 2.22. The van der Waals surface area contributed by atoms with Gasteiger partial charge < -0.3 is 15.8 Å². The molecule has 0 aromatic heterocycles. The summed E-state index contributed by atoms with van der Waals surface area (Å²) in [6.07, 6.45) is 0. The van der Waals surface area contributed by atoms with E-state index >= 15 is 0 Å². The predicted molar refractivity (Wildman–Crippen MR) is 67.7 cm³/mol. The molecular weight excluding hydrogens is 219 g/mol. The molecular formula is C10H15BN4O2. The Labute approximate surface area is 99.8 Å². The van der Waals surface area contributed by atoms with E-state index in [-0.39, 0.29) is 6.54 Å². The molecule has 1 aromatic rings. The van der Waals surface area contributed by atoms with Crippen LogP contribution >= 0.6 is 0 Å². The van der Waals surface area contributed by atoms with Gasteiger partial charge in [0.1, 0.15) is 0 Å². The maximum absolute atomic E-state index is 9.35. The molecule has 0 saturated heterocycles. The summed E-state index contributed by atoms with van der Waals surface area (Å²) in [7, 11) is -1.58. The highest BCUT2D eigenvalue weighted by atomic mass is 16.4. The second-order valence-electron chi connectivity index (χ2n) is 3.94. The van der Waals surface area contributed by atoms with Crippen LogP contribution in [-0.4, -0.2) is 17.2 Å². The third-order valence-electron chi connectivity index (χ3n) is 3.07. The Morgan fingerprint density at radius 3 is 2.29 bits per heavy atom. The average Bonchev–Trinajstić information content (AvgIpc) is 2.26. The molecule has 0 saturated carbocycles. The molecule has 0 aliphatic carbocycles. The van der Waals surface area contributed by atoms with E-state index in [9.17, 15) is 10.0 Å². The number of hydrogen-bond donors (Lipinski definition) is 3. The standard InChI is InChI=1S/C10H15BN4O2/c1-5-8(4-14-15-13)6(2)10(12)7(3)9(5)11(16)17/h16-17H,4,12H2,1-3H3. The fraction of sp³-hybridized carbons (Fsp3) is 0.400. The van der Waals surface area contributed by atoms with Gasteiger partial charge in [0, 0.05) is 10.6 Å². The maximum atomic E-state index is 9.35. The van der Waals surface area contributed by atoms with Crippen LogP contribution in [0.1, 0.15) is 22.3 Å². The zero-order chi connectivity index (χ0) is 13.2. The third kappa shape index (κ3) is 2.36. The number of benzene rings is 1. The highest BCUT2D eigenvalue weighted by molar-refractivity contribution is 6.60. The minimum Gasteiger partial charge on any atom is -0.423 e. The Balaban J connectivity index is 3.55. The topological polar surface area (TPSA) is 115 Å². The fourth-order valence-corrected chi connectivity index (χ4v) is 2.04. The summed E-state index contributed by atoms with van der Waals surface area (Å²) in [5.41, 5.74) is 18.1. The van der Waals surface area contributed by atoms with Crippen molar-refractivity contribution in [2.75, 3.05) is 5.73 Å². The second kappa shape index (κ2) is 5.10. The zero-order valence-electron chi connectivity index (χ0n) is 10.1. The van der Waals surface area contributed by atoms with E-state index in [0.717, 1.165) is 11.1 Å². The van der Waals surface area contributed by atoms with Crippen molar-refractivity contribution in [2.24, 2.45) is 5.11 Å². The summed E-state index contributed by atoms with van der Waals surface area (Å²) in [6, 6.07) is 0. The van der Waals surface area contributed by atoms with Crippen LogP contribution in [-0.2, 0) is 6.54 Å². The summed E-state index contributed by atoms with van der Waals surface area (Å²) < 4.78 is 0. The number of hydrogen-bond acceptors (Lipinski definition) is 4. The van der Waals surface area contributed by atoms with Gasteiger partial charge in [0.2, 0.25) is 0 Å². The molecule has 0 heterocycles. The zero-order valence-corrected chi connectivity index (χ0v) is 10.1. The molecule has 7 heteroatoms. The lowest BCUT2D eigenvalue weighted by Crippen LogP contribution is -2.36. The van der Waals surface area contributed by atoms with E-state index in [1.165, 1.54) is 0 Å². The Hall–Kier alpha value is -1.69. The number of nitrogens with zero attached hydrogens (tertiary/aromatic N) is 3. The highest BCUT2D eigenvalue weighted by Crippen LogP contribution is 2.23. The minimum absolute atomic E-state index is 0.151. The normalized spacial score (nSPS) is 9.94. The van der Waals surface area contributed by atoms with Crippen molar-refractivity contribution in [2.45, 2.75) is 27.3 Å². The molecule has 0 aliphatic rings. The maximum Gasteiger partial charge on any atom is 0.489 e. The fourth-order valence-electron chi connectivity index (χ4n) is 2.04. The van der Waals surface area contributed by atoms with Crippen molar-refractivity contribution in [3.8, 4) is 0 Å². The van der Waals surface area contributed by atoms with Crippen LogP contribution in [0.2, 0.25) is 0 Å². The van der Waals surface area contributed by atoms with E-state index in [4.69, 9.17) is 11.3 Å². The molecule has 4 N–H and O–H groups in total. The summed E-state index contributed by atoms with van der Waals surface area (Å²) >= 11 is 0. The average molecular weight is 234 g/mol. The van der Waals surface area contributed by atoms with E-state index in [0.29, 0.717) is 22.3 Å². The van der Waals surface area contributed by atoms with Crippen molar-refractivity contribution in [3.05, 3.63) is 32.7 Å². The Morgan fingerprint density at radius 2 is 1.82 bits per heavy atom. The Morgan fingerprint density at radius 1 is 1.24 bits per heavy atom. The van der Waals surface area contributed by atoms with E-state index < -0.39 is 7.12 Å². The van der Waals surface area contributed by atoms with Gasteiger partial charge in [-0.3, -0.25) is 0 Å². The molecule has 6 nitrogen and oxygen atoms in total. The number of nitrogen functional groups attached to an aromatic ring is 1. The molecule has 17 heavy (non-hydrogen) atoms. The van der Waals surface area contributed by atoms with Crippen molar-refractivity contribution < 1.29 is 10.0 Å². The first-order valence-electron chi connectivity index (χ1n) is 5.16. The predicted octanol–water partition coefficient (Wildman–Crippen LogP) is 0.684. The van der Waals surface area contributed by atoms with Crippen LogP contribution in [0, 0.1) is 20.8 Å². The first kappa shape index (κ1) is 13.4. The number of azide groups is 1. The summed E-state index contributed by atoms with van der Waals surface area (Å²) in [5, 5.41) is 22.2. The first-order chi connectivity index (χ1) is 7.91. The lowest BCUT2D eigenvalue weighted by molar-refractivity contribution is 0.425. The van der Waals surface area contributed by atoms with Gasteiger partial charge in [-0.05, 0) is 54.0 Å². The molecule has 0 aliphatic heterocycles. The van der Waals surface area contributed by atoms with Crippen LogP contribution in [0.15, 0.2) is 5.11 Å². The van der Waals surface area contributed by atoms with Gasteiger partial charge in [0.15, 0.2) is 0 Å². The quantitative estimate of drug-likeness (QED) is 0.235. The van der Waals surface area contributed by atoms with Gasteiger partial charge in [-0.15, -0.1) is 0 Å². The largest absolute Gasteiger partial charge is 0.489 e. The molecule has 1 rings (SSSR count). The molecule has 0 atom stereocenters. The summed E-state index contributed by atoms with van der Waals surface area (Å²) in [6.45, 7) is 5.47. The molecule has 0 fully saturated rings. The molecule has 90 valence electrons. The Kier molecular flexibility index (Phi) is 4.01. The lowest BCUT2D eigenvalue weighted by Gasteiger charge is -2.18. The van der Waals surface area contributed by atoms with Crippen molar-refractivity contribution in [1.82, 2.24) is 0 Å². The van der Waals surface area contributed by atoms with Crippen LogP contribution in [0.4, 0.5) is 5.69 Å². The second-order valence-corrected chi connectivity index (χ2v) is 3.94. The summed E-state index contributed by atoms with van der Waals surface area (Å²) in [4.78, 5) is 2.70. The molecule has 0 radical (unpaired) electrons. The Bertz CT molecular complexity index is 496. The van der Waals surface area contributed by atoms with Crippen LogP contribution < -0.4 is 11.2 Å². The third-order valence-corrected chi connectivity index (χ3v) is 3.07. The number of anilines is 1. The van der Waals surface area contributed by atoms with Gasteiger partial charge in [-0.25, -0.2) is 0 Å². The molecule has 0 amide bonds. The molecule has 0 unspecified atom stereocenters. The molecule has 0 spiro atoms. The number of rotatable bonds is 3. The van der Waals surface area contributed by atoms with Gasteiger partial charge in [-0.2, -0.15) is 0 Å². The van der Waals surface area contributed by atoms with Gasteiger partial charge >= 0.3 is 7.12 Å². The SMILES string of the molecule is Cc1c(N)c(C)c(B(O)O)c(C)c1CN=[N+]=[N-]. The first-order valence-corrected chi connectivity index (χ1v) is 5.16. The van der Waals surface area contributed by atoms with Crippen LogP contribution in [0.25, 0.3) is 10.4 Å². The van der Waals surface area contributed by atoms with E-state index in [1.807, 2.05) is 6.92 Å². The summed E-state index contributed by atoms with van der Waals surface area (Å²) in [5.74, 6) is 0. The van der Waals surface area contributed by atoms with Crippen LogP contribution in [0.3, 0.4) is 0 Å². The van der Waals surface area contributed by atoms with E-state index in [1.54, 1.807) is 13.8 Å². The monoisotopic (exact) mass is 234 g/mol. The van der Waals surface area contributed by atoms with Gasteiger partial charge in [-0.1, -0.05) is 5.11 Å². The van der Waals surface area contributed by atoms with Crippen molar-refractivity contribution >= 4 is 18.3 Å². The van der Waals surface area contributed by atoms with Crippen molar-refractivity contribution in [1.29, 1.82) is 0 Å². The number of nitrogens with two attached hydrogens (primary N) is 1. The van der Waals surface area contributed by atoms with Gasteiger partial charge in [0.25, 0.3) is 0 Å². The minimum atomic E-state index is -1.58. The van der Waals surface area contributed by atoms with Crippen LogP contribution in [0.5, 0.6) is 0 Å². The lowest BCUT2D eigenvalue weighted by atomic mass is 9.71. The van der Waals surface area contributed by atoms with Gasteiger partial charge in [0.05, 0.1) is 6.54 Å². The van der Waals surface area contributed by atoms with E-state index in [2.05, 4.69) is 10.0 Å².